The van der Waals surface area contributed by atoms with E-state index in [-0.39, 0.29) is 6.73 Å². The summed E-state index contributed by atoms with van der Waals surface area (Å²) in [5.74, 6) is 1.45. The van der Waals surface area contributed by atoms with Crippen LogP contribution in [-0.4, -0.2) is 45.9 Å². The molecule has 1 heterocycles. The summed E-state index contributed by atoms with van der Waals surface area (Å²) in [6.07, 6.45) is 0. The first-order valence-corrected chi connectivity index (χ1v) is 4.50. The van der Waals surface area contributed by atoms with Crippen LogP contribution in [0, 0.1) is 0 Å². The average molecular weight is 149 g/mol. The van der Waals surface area contributed by atoms with E-state index in [1.54, 1.807) is 0 Å². The van der Waals surface area contributed by atoms with Gasteiger partial charge in [-0.1, -0.05) is 11.2 Å². The molecule has 3 nitrogen and oxygen atoms in total. The van der Waals surface area contributed by atoms with E-state index in [9.17, 15) is 4.55 Å². The Hall–Kier alpha value is 0.230. The van der Waals surface area contributed by atoms with Crippen LogP contribution in [-0.2, 0) is 11.2 Å². The van der Waals surface area contributed by atoms with E-state index in [4.69, 9.17) is 5.11 Å². The molecule has 1 aliphatic rings. The number of rotatable bonds is 1. The lowest BCUT2D eigenvalue weighted by Crippen LogP contribution is -2.40. The fraction of sp³-hybridized carbons (Fsp3) is 1.00. The van der Waals surface area contributed by atoms with Gasteiger partial charge in [0, 0.05) is 13.1 Å². The molecule has 0 amide bonds. The molecule has 0 aromatic heterocycles. The molecule has 1 fully saturated rings. The van der Waals surface area contributed by atoms with Crippen molar-refractivity contribution in [3.05, 3.63) is 0 Å². The molecule has 0 unspecified atom stereocenters. The smallest absolute Gasteiger partial charge is 0.118 e. The standard InChI is InChI=1S/C5H11NO2S/c7-5-6-1-3-9(8)4-2-6/h7H,1-5H2. The van der Waals surface area contributed by atoms with Gasteiger partial charge in [0.1, 0.15) is 11.5 Å². The van der Waals surface area contributed by atoms with Crippen molar-refractivity contribution >= 4 is 11.2 Å². The first kappa shape index (κ1) is 7.34. The molecule has 9 heavy (non-hydrogen) atoms. The summed E-state index contributed by atoms with van der Waals surface area (Å²) in [5, 5.41) is 8.60. The van der Waals surface area contributed by atoms with Crippen LogP contribution < -0.4 is 0 Å². The zero-order valence-electron chi connectivity index (χ0n) is 5.25. The van der Waals surface area contributed by atoms with Crippen molar-refractivity contribution < 1.29 is 9.66 Å². The predicted molar refractivity (Wildman–Crippen MR) is 36.5 cm³/mol. The summed E-state index contributed by atoms with van der Waals surface area (Å²) in [7, 11) is 0. The number of hydrogen-bond acceptors (Lipinski definition) is 3. The maximum atomic E-state index is 10.7. The molecule has 0 aromatic rings. The number of aliphatic hydroxyl groups excluding tert-OH is 1. The van der Waals surface area contributed by atoms with E-state index >= 15 is 0 Å². The van der Waals surface area contributed by atoms with Gasteiger partial charge in [-0.05, 0) is 0 Å². The molecule has 0 saturated carbocycles. The van der Waals surface area contributed by atoms with Gasteiger partial charge < -0.3 is 9.66 Å². The van der Waals surface area contributed by atoms with Crippen molar-refractivity contribution in [3.8, 4) is 0 Å². The van der Waals surface area contributed by atoms with Gasteiger partial charge in [0.25, 0.3) is 0 Å². The van der Waals surface area contributed by atoms with Crippen LogP contribution in [0.25, 0.3) is 0 Å². The van der Waals surface area contributed by atoms with Gasteiger partial charge in [-0.2, -0.15) is 0 Å². The molecule has 0 radical (unpaired) electrons. The summed E-state index contributed by atoms with van der Waals surface area (Å²) < 4.78 is 10.7. The molecule has 54 valence electrons. The second kappa shape index (κ2) is 3.41. The maximum Gasteiger partial charge on any atom is 0.118 e. The Morgan fingerprint density at radius 3 is 2.44 bits per heavy atom. The van der Waals surface area contributed by atoms with E-state index < -0.39 is 11.2 Å². The number of nitrogens with zero attached hydrogens (tertiary/aromatic N) is 1. The first-order chi connectivity index (χ1) is 4.33. The van der Waals surface area contributed by atoms with E-state index in [1.165, 1.54) is 0 Å². The van der Waals surface area contributed by atoms with E-state index in [0.717, 1.165) is 24.6 Å². The predicted octanol–water partition coefficient (Wildman–Crippen LogP) is -0.999. The highest BCUT2D eigenvalue weighted by Gasteiger charge is 2.17. The first-order valence-electron chi connectivity index (χ1n) is 3.01. The Kier molecular flexibility index (Phi) is 2.78. The lowest BCUT2D eigenvalue weighted by atomic mass is 10.5. The normalized spacial score (nSPS) is 24.7. The van der Waals surface area contributed by atoms with Gasteiger partial charge in [-0.25, -0.2) is 0 Å². The fourth-order valence-electron chi connectivity index (χ4n) is 0.817. The highest BCUT2D eigenvalue weighted by Crippen LogP contribution is 2.01. The average Bonchev–Trinajstić information content (AvgIpc) is 1.90. The Morgan fingerprint density at radius 1 is 1.44 bits per heavy atom. The van der Waals surface area contributed by atoms with Gasteiger partial charge in [-0.15, -0.1) is 0 Å². The van der Waals surface area contributed by atoms with E-state index in [0.29, 0.717) is 0 Å². The summed E-state index contributed by atoms with van der Waals surface area (Å²) in [6.45, 7) is 1.67. The molecule has 0 atom stereocenters. The second-order valence-corrected chi connectivity index (χ2v) is 3.80. The third-order valence-electron chi connectivity index (χ3n) is 1.47. The Labute approximate surface area is 57.8 Å². The molecule has 0 aliphatic carbocycles. The zero-order chi connectivity index (χ0) is 6.69. The molecule has 4 heteroatoms. The van der Waals surface area contributed by atoms with Crippen molar-refractivity contribution in [1.82, 2.24) is 4.90 Å². The quantitative estimate of drug-likeness (QED) is 0.486. The minimum atomic E-state index is -0.615. The zero-order valence-corrected chi connectivity index (χ0v) is 6.06. The molecular formula is C5H11NO2S. The molecule has 1 saturated heterocycles. The van der Waals surface area contributed by atoms with Crippen LogP contribution in [0.5, 0.6) is 0 Å². The highest BCUT2D eigenvalue weighted by atomic mass is 32.2. The van der Waals surface area contributed by atoms with Gasteiger partial charge in [0.2, 0.25) is 0 Å². The molecule has 0 aromatic carbocycles. The van der Waals surface area contributed by atoms with Gasteiger partial charge in [0.05, 0.1) is 6.73 Å². The van der Waals surface area contributed by atoms with Gasteiger partial charge in [-0.3, -0.25) is 4.90 Å². The molecule has 0 bridgehead atoms. The maximum absolute atomic E-state index is 10.7. The van der Waals surface area contributed by atoms with Gasteiger partial charge in [0.15, 0.2) is 0 Å². The molecule has 1 rings (SSSR count). The minimum absolute atomic E-state index is 0.108. The summed E-state index contributed by atoms with van der Waals surface area (Å²) in [5.41, 5.74) is 0. The lowest BCUT2D eigenvalue weighted by Gasteiger charge is -2.25. The molecule has 0 spiro atoms. The summed E-state index contributed by atoms with van der Waals surface area (Å²) in [6, 6.07) is 0. The number of aliphatic hydroxyl groups is 1. The largest absolute Gasteiger partial charge is 0.616 e. The monoisotopic (exact) mass is 149 g/mol. The fourth-order valence-corrected chi connectivity index (χ4v) is 1.94. The van der Waals surface area contributed by atoms with E-state index in [1.807, 2.05) is 4.90 Å². The Morgan fingerprint density at radius 2 is 2.00 bits per heavy atom. The molecular weight excluding hydrogens is 138 g/mol. The van der Waals surface area contributed by atoms with Crippen molar-refractivity contribution in [2.75, 3.05) is 31.3 Å². The van der Waals surface area contributed by atoms with Crippen LogP contribution in [0.1, 0.15) is 0 Å². The molecule has 1 N–H and O–H groups in total. The summed E-state index contributed by atoms with van der Waals surface area (Å²) in [4.78, 5) is 1.89. The summed E-state index contributed by atoms with van der Waals surface area (Å²) >= 11 is -0.615. The topological polar surface area (TPSA) is 46.5 Å². The van der Waals surface area contributed by atoms with Crippen molar-refractivity contribution in [2.45, 2.75) is 0 Å². The van der Waals surface area contributed by atoms with Crippen LogP contribution in [0.3, 0.4) is 0 Å². The number of hydrogen-bond donors (Lipinski definition) is 1. The Balaban J connectivity index is 2.18. The van der Waals surface area contributed by atoms with Crippen molar-refractivity contribution in [1.29, 1.82) is 0 Å². The van der Waals surface area contributed by atoms with Crippen LogP contribution in [0.2, 0.25) is 0 Å². The van der Waals surface area contributed by atoms with Crippen LogP contribution in [0.4, 0.5) is 0 Å². The van der Waals surface area contributed by atoms with Crippen molar-refractivity contribution in [3.63, 3.8) is 0 Å². The van der Waals surface area contributed by atoms with Crippen LogP contribution in [0.15, 0.2) is 0 Å². The Bertz CT molecular complexity index is 83.0. The minimum Gasteiger partial charge on any atom is -0.616 e. The third kappa shape index (κ3) is 2.14. The van der Waals surface area contributed by atoms with E-state index in [2.05, 4.69) is 0 Å². The van der Waals surface area contributed by atoms with Crippen LogP contribution >= 0.6 is 0 Å². The SMILES string of the molecule is [O-][S+]1CCN(CO)CC1. The second-order valence-electron chi connectivity index (χ2n) is 2.11. The lowest BCUT2D eigenvalue weighted by molar-refractivity contribution is 0.116. The van der Waals surface area contributed by atoms with Crippen molar-refractivity contribution in [2.24, 2.45) is 0 Å². The molecule has 1 aliphatic heterocycles. The highest BCUT2D eigenvalue weighted by molar-refractivity contribution is 7.91. The van der Waals surface area contributed by atoms with Gasteiger partial charge >= 0.3 is 0 Å². The third-order valence-corrected chi connectivity index (χ3v) is 2.75.